The van der Waals surface area contributed by atoms with E-state index in [2.05, 4.69) is 15.3 Å². The van der Waals surface area contributed by atoms with E-state index < -0.39 is 10.0 Å². The topological polar surface area (TPSA) is 97.2 Å². The lowest BCUT2D eigenvalue weighted by Gasteiger charge is -2.29. The molecule has 0 unspecified atom stereocenters. The molecule has 1 amide bonds. The van der Waals surface area contributed by atoms with Crippen LogP contribution in [0.25, 0.3) is 0 Å². The molecule has 11 heteroatoms. The SMILES string of the molecule is Cc1nc(S(=O)(=O)N2CCC(C(=O)Nc3ncc(Cc4ccccc4F)s3)CC2)cn1C. The van der Waals surface area contributed by atoms with Crippen molar-refractivity contribution < 1.29 is 17.6 Å². The fourth-order valence-corrected chi connectivity index (χ4v) is 5.96. The second-order valence-corrected chi connectivity index (χ2v) is 10.8. The molecule has 1 aliphatic rings. The molecule has 1 aliphatic heterocycles. The van der Waals surface area contributed by atoms with Crippen LogP contribution in [0, 0.1) is 18.7 Å². The molecule has 8 nitrogen and oxygen atoms in total. The summed E-state index contributed by atoms with van der Waals surface area (Å²) in [5.74, 6) is -0.127. The van der Waals surface area contributed by atoms with Crippen molar-refractivity contribution in [3.8, 4) is 0 Å². The number of carbonyl (C=O) groups is 1. The van der Waals surface area contributed by atoms with E-state index in [0.717, 1.165) is 4.88 Å². The molecule has 0 radical (unpaired) electrons. The Morgan fingerprint density at radius 1 is 1.28 bits per heavy atom. The number of nitrogens with zero attached hydrogens (tertiary/aromatic N) is 4. The van der Waals surface area contributed by atoms with Crippen LogP contribution in [0.1, 0.15) is 29.1 Å². The highest BCUT2D eigenvalue weighted by Gasteiger charge is 2.33. The summed E-state index contributed by atoms with van der Waals surface area (Å²) < 4.78 is 42.5. The van der Waals surface area contributed by atoms with Crippen molar-refractivity contribution in [3.63, 3.8) is 0 Å². The molecule has 0 spiro atoms. The van der Waals surface area contributed by atoms with Gasteiger partial charge in [-0.3, -0.25) is 4.79 Å². The molecule has 170 valence electrons. The van der Waals surface area contributed by atoms with E-state index in [4.69, 9.17) is 0 Å². The Bertz CT molecular complexity index is 1210. The molecular weight excluding hydrogens is 453 g/mol. The molecular formula is C21H24FN5O3S2. The van der Waals surface area contributed by atoms with Gasteiger partial charge in [0.25, 0.3) is 10.0 Å². The number of hydrogen-bond donors (Lipinski definition) is 1. The third-order valence-corrected chi connectivity index (χ3v) is 8.30. The average Bonchev–Trinajstić information content (AvgIpc) is 3.36. The number of amides is 1. The standard InChI is InChI=1S/C21H24FN5O3S2/c1-14-24-19(13-26(14)2)32(29,30)27-9-7-15(8-10-27)20(28)25-21-23-12-17(31-21)11-16-5-3-4-6-18(16)22/h3-6,12-13,15H,7-11H2,1-2H3,(H,23,25,28). The Kier molecular flexibility index (Phi) is 6.40. The number of halogens is 1. The van der Waals surface area contributed by atoms with Gasteiger partial charge in [0.1, 0.15) is 11.6 Å². The summed E-state index contributed by atoms with van der Waals surface area (Å²) in [5.41, 5.74) is 0.575. The van der Waals surface area contributed by atoms with Crippen molar-refractivity contribution in [2.24, 2.45) is 13.0 Å². The van der Waals surface area contributed by atoms with Crippen LogP contribution >= 0.6 is 11.3 Å². The van der Waals surface area contributed by atoms with Crippen molar-refractivity contribution in [1.82, 2.24) is 18.8 Å². The first-order valence-corrected chi connectivity index (χ1v) is 12.5. The quantitative estimate of drug-likeness (QED) is 0.589. The molecule has 2 aromatic heterocycles. The molecule has 1 N–H and O–H groups in total. The van der Waals surface area contributed by atoms with Crippen molar-refractivity contribution >= 4 is 32.4 Å². The minimum atomic E-state index is -3.67. The Labute approximate surface area is 190 Å². The number of piperidine rings is 1. The maximum absolute atomic E-state index is 13.8. The Balaban J connectivity index is 1.33. The number of hydrogen-bond acceptors (Lipinski definition) is 6. The summed E-state index contributed by atoms with van der Waals surface area (Å²) in [6.07, 6.45) is 4.39. The van der Waals surface area contributed by atoms with E-state index in [1.54, 1.807) is 42.9 Å². The van der Waals surface area contributed by atoms with Gasteiger partial charge in [0, 0.05) is 49.7 Å². The summed E-state index contributed by atoms with van der Waals surface area (Å²) in [5, 5.41) is 3.31. The highest BCUT2D eigenvalue weighted by Crippen LogP contribution is 2.26. The third-order valence-electron chi connectivity index (χ3n) is 5.62. The predicted molar refractivity (Wildman–Crippen MR) is 119 cm³/mol. The van der Waals surface area contributed by atoms with Gasteiger partial charge in [0.2, 0.25) is 5.91 Å². The molecule has 32 heavy (non-hydrogen) atoms. The molecule has 1 aromatic carbocycles. The number of aromatic nitrogens is 3. The van der Waals surface area contributed by atoms with Crippen LogP contribution < -0.4 is 5.32 Å². The smallest absolute Gasteiger partial charge is 0.262 e. The zero-order chi connectivity index (χ0) is 22.9. The zero-order valence-electron chi connectivity index (χ0n) is 17.8. The number of carbonyl (C=O) groups excluding carboxylic acids is 1. The van der Waals surface area contributed by atoms with Crippen LogP contribution in [0.4, 0.5) is 9.52 Å². The summed E-state index contributed by atoms with van der Waals surface area (Å²) in [6.45, 7) is 2.26. The first kappa shape index (κ1) is 22.6. The minimum absolute atomic E-state index is 0.0329. The maximum atomic E-state index is 13.8. The van der Waals surface area contributed by atoms with E-state index in [0.29, 0.717) is 35.8 Å². The first-order chi connectivity index (χ1) is 15.2. The fraction of sp³-hybridized carbons (Fsp3) is 0.381. The maximum Gasteiger partial charge on any atom is 0.262 e. The van der Waals surface area contributed by atoms with Crippen LogP contribution in [0.5, 0.6) is 0 Å². The number of imidazole rings is 1. The summed E-state index contributed by atoms with van der Waals surface area (Å²) >= 11 is 1.31. The van der Waals surface area contributed by atoms with Gasteiger partial charge < -0.3 is 9.88 Å². The van der Waals surface area contributed by atoms with E-state index >= 15 is 0 Å². The van der Waals surface area contributed by atoms with Gasteiger partial charge in [-0.25, -0.2) is 22.8 Å². The van der Waals surface area contributed by atoms with Crippen molar-refractivity contribution in [2.75, 3.05) is 18.4 Å². The summed E-state index contributed by atoms with van der Waals surface area (Å²) in [4.78, 5) is 21.9. The van der Waals surface area contributed by atoms with Gasteiger partial charge in [-0.1, -0.05) is 18.2 Å². The molecule has 0 bridgehead atoms. The lowest BCUT2D eigenvalue weighted by atomic mass is 9.97. The monoisotopic (exact) mass is 477 g/mol. The molecule has 3 aromatic rings. The number of nitrogens with one attached hydrogen (secondary N) is 1. The zero-order valence-corrected chi connectivity index (χ0v) is 19.4. The Hall–Kier alpha value is -2.63. The molecule has 0 saturated carbocycles. The number of thiazole rings is 1. The Morgan fingerprint density at radius 2 is 2.00 bits per heavy atom. The summed E-state index contributed by atoms with van der Waals surface area (Å²) in [7, 11) is -1.92. The minimum Gasteiger partial charge on any atom is -0.337 e. The number of benzene rings is 1. The average molecular weight is 478 g/mol. The molecule has 1 fully saturated rings. The second kappa shape index (κ2) is 9.08. The van der Waals surface area contributed by atoms with Gasteiger partial charge in [-0.2, -0.15) is 4.31 Å². The van der Waals surface area contributed by atoms with E-state index in [9.17, 15) is 17.6 Å². The molecule has 0 aliphatic carbocycles. The third kappa shape index (κ3) is 4.74. The molecule has 4 rings (SSSR count). The van der Waals surface area contributed by atoms with Crippen molar-refractivity contribution in [2.45, 2.75) is 31.2 Å². The van der Waals surface area contributed by atoms with Crippen molar-refractivity contribution in [1.29, 1.82) is 0 Å². The largest absolute Gasteiger partial charge is 0.337 e. The van der Waals surface area contributed by atoms with Crippen LogP contribution in [0.3, 0.4) is 0 Å². The van der Waals surface area contributed by atoms with E-state index in [-0.39, 0.29) is 35.8 Å². The number of sulfonamides is 1. The highest BCUT2D eigenvalue weighted by molar-refractivity contribution is 7.89. The predicted octanol–water partition coefficient (Wildman–Crippen LogP) is 2.95. The lowest BCUT2D eigenvalue weighted by molar-refractivity contribution is -0.120. The lowest BCUT2D eigenvalue weighted by Crippen LogP contribution is -2.41. The number of anilines is 1. The normalized spacial score (nSPS) is 15.7. The van der Waals surface area contributed by atoms with Gasteiger partial charge in [0.05, 0.1) is 0 Å². The fourth-order valence-electron chi connectivity index (χ4n) is 3.63. The van der Waals surface area contributed by atoms with Crippen LogP contribution in [0.2, 0.25) is 0 Å². The van der Waals surface area contributed by atoms with Crippen LogP contribution in [0.15, 0.2) is 41.7 Å². The molecule has 0 atom stereocenters. The van der Waals surface area contributed by atoms with Crippen molar-refractivity contribution in [3.05, 3.63) is 58.7 Å². The van der Waals surface area contributed by atoms with Crippen LogP contribution in [-0.4, -0.2) is 46.3 Å². The Morgan fingerprint density at radius 3 is 2.66 bits per heavy atom. The van der Waals surface area contributed by atoms with E-state index in [1.807, 2.05) is 0 Å². The molecule has 3 heterocycles. The van der Waals surface area contributed by atoms with Gasteiger partial charge in [-0.05, 0) is 31.4 Å². The van der Waals surface area contributed by atoms with Gasteiger partial charge >= 0.3 is 0 Å². The number of rotatable bonds is 6. The van der Waals surface area contributed by atoms with Crippen LogP contribution in [-0.2, 0) is 28.3 Å². The molecule has 1 saturated heterocycles. The van der Waals surface area contributed by atoms with Gasteiger partial charge in [-0.15, -0.1) is 11.3 Å². The van der Waals surface area contributed by atoms with Gasteiger partial charge in [0.15, 0.2) is 10.2 Å². The summed E-state index contributed by atoms with van der Waals surface area (Å²) in [6, 6.07) is 6.57. The number of aryl methyl sites for hydroxylation is 2. The first-order valence-electron chi connectivity index (χ1n) is 10.2. The second-order valence-electron chi connectivity index (χ2n) is 7.80. The van der Waals surface area contributed by atoms with E-state index in [1.165, 1.54) is 27.9 Å². The highest BCUT2D eigenvalue weighted by atomic mass is 32.2.